The molecule has 2 aromatic carbocycles. The first-order valence-corrected chi connectivity index (χ1v) is 7.13. The predicted octanol–water partition coefficient (Wildman–Crippen LogP) is 2.42. The largest absolute Gasteiger partial charge is 0.493 e. The number of carbonyl (C=O) groups excluding carboxylic acids is 3. The van der Waals surface area contributed by atoms with Gasteiger partial charge in [-0.15, -0.1) is 0 Å². The van der Waals surface area contributed by atoms with Crippen LogP contribution in [-0.4, -0.2) is 37.4 Å². The maximum absolute atomic E-state index is 12.4. The van der Waals surface area contributed by atoms with E-state index in [9.17, 15) is 24.5 Å². The minimum Gasteiger partial charge on any atom is -0.493 e. The summed E-state index contributed by atoms with van der Waals surface area (Å²) in [6, 6.07) is 7.43. The van der Waals surface area contributed by atoms with Crippen molar-refractivity contribution in [2.45, 2.75) is 0 Å². The third kappa shape index (κ3) is 3.83. The molecule has 0 heterocycles. The first kappa shape index (κ1) is 18.6. The minimum atomic E-state index is -1.01. The van der Waals surface area contributed by atoms with Crippen LogP contribution in [-0.2, 0) is 4.74 Å². The number of para-hydroxylation sites is 1. The molecule has 0 saturated heterocycles. The van der Waals surface area contributed by atoms with Crippen LogP contribution in [0.5, 0.6) is 11.5 Å². The average Bonchev–Trinajstić information content (AvgIpc) is 2.66. The van der Waals surface area contributed by atoms with Gasteiger partial charge in [0.05, 0.1) is 35.8 Å². The molecular weight excluding hydrogens is 346 g/mol. The van der Waals surface area contributed by atoms with Crippen LogP contribution in [0, 0.1) is 10.1 Å². The van der Waals surface area contributed by atoms with E-state index >= 15 is 0 Å². The second-order valence-corrected chi connectivity index (χ2v) is 4.90. The number of rotatable bonds is 6. The van der Waals surface area contributed by atoms with E-state index in [-0.39, 0.29) is 28.2 Å². The first-order chi connectivity index (χ1) is 12.4. The summed E-state index contributed by atoms with van der Waals surface area (Å²) in [4.78, 5) is 45.5. The number of esters is 2. The number of benzene rings is 2. The molecule has 0 radical (unpaired) electrons. The lowest BCUT2D eigenvalue weighted by Crippen LogP contribution is -2.13. The van der Waals surface area contributed by atoms with Crippen molar-refractivity contribution < 1.29 is 33.5 Å². The second-order valence-electron chi connectivity index (χ2n) is 4.90. The molecule has 0 unspecified atom stereocenters. The molecule has 9 heteroatoms. The standard InChI is InChI=1S/C17H13NO8/c1-24-14-5-3-4-10(9-19)15(14)26-17(21)12-6-11(16(20)25-2)7-13(8-12)18(22)23/h3-9H,1-2H3. The van der Waals surface area contributed by atoms with E-state index in [4.69, 9.17) is 9.47 Å². The number of non-ortho nitro benzene ring substituents is 1. The van der Waals surface area contributed by atoms with Crippen LogP contribution in [0.1, 0.15) is 31.1 Å². The van der Waals surface area contributed by atoms with Gasteiger partial charge in [0.1, 0.15) is 0 Å². The summed E-state index contributed by atoms with van der Waals surface area (Å²) in [6.45, 7) is 0. The van der Waals surface area contributed by atoms with Gasteiger partial charge in [-0.05, 0) is 18.2 Å². The van der Waals surface area contributed by atoms with E-state index in [1.54, 1.807) is 0 Å². The summed E-state index contributed by atoms with van der Waals surface area (Å²) >= 11 is 0. The number of hydrogen-bond acceptors (Lipinski definition) is 8. The van der Waals surface area contributed by atoms with Crippen LogP contribution in [0.25, 0.3) is 0 Å². The molecule has 0 fully saturated rings. The van der Waals surface area contributed by atoms with Gasteiger partial charge in [-0.3, -0.25) is 14.9 Å². The lowest BCUT2D eigenvalue weighted by Gasteiger charge is -2.11. The molecule has 0 bridgehead atoms. The molecule has 0 atom stereocenters. The number of hydrogen-bond donors (Lipinski definition) is 0. The Labute approximate surface area is 147 Å². The van der Waals surface area contributed by atoms with Crippen LogP contribution in [0.4, 0.5) is 5.69 Å². The number of methoxy groups -OCH3 is 2. The molecule has 0 aromatic heterocycles. The van der Waals surface area contributed by atoms with Crippen LogP contribution >= 0.6 is 0 Å². The van der Waals surface area contributed by atoms with Crippen molar-refractivity contribution in [1.29, 1.82) is 0 Å². The van der Waals surface area contributed by atoms with Crippen molar-refractivity contribution in [2.24, 2.45) is 0 Å². The first-order valence-electron chi connectivity index (χ1n) is 7.13. The molecule has 26 heavy (non-hydrogen) atoms. The van der Waals surface area contributed by atoms with E-state index in [0.29, 0.717) is 6.29 Å². The Bertz CT molecular complexity index is 890. The Morgan fingerprint density at radius 1 is 1.08 bits per heavy atom. The number of ether oxygens (including phenoxy) is 3. The zero-order valence-corrected chi connectivity index (χ0v) is 13.8. The van der Waals surface area contributed by atoms with Gasteiger partial charge in [0.15, 0.2) is 17.8 Å². The van der Waals surface area contributed by atoms with Crippen LogP contribution in [0.3, 0.4) is 0 Å². The minimum absolute atomic E-state index is 0.0522. The summed E-state index contributed by atoms with van der Waals surface area (Å²) in [7, 11) is 2.42. The maximum Gasteiger partial charge on any atom is 0.343 e. The molecule has 0 N–H and O–H groups in total. The van der Waals surface area contributed by atoms with Crippen LogP contribution in [0.2, 0.25) is 0 Å². The van der Waals surface area contributed by atoms with Gasteiger partial charge in [0.2, 0.25) is 0 Å². The summed E-state index contributed by atoms with van der Waals surface area (Å²) in [6.07, 6.45) is 0.471. The van der Waals surface area contributed by atoms with Gasteiger partial charge < -0.3 is 14.2 Å². The van der Waals surface area contributed by atoms with Gasteiger partial charge >= 0.3 is 11.9 Å². The number of nitrogens with zero attached hydrogens (tertiary/aromatic N) is 1. The van der Waals surface area contributed by atoms with E-state index in [1.165, 1.54) is 25.3 Å². The Morgan fingerprint density at radius 3 is 2.27 bits per heavy atom. The monoisotopic (exact) mass is 359 g/mol. The van der Waals surface area contributed by atoms with Crippen molar-refractivity contribution in [1.82, 2.24) is 0 Å². The highest BCUT2D eigenvalue weighted by Gasteiger charge is 2.21. The van der Waals surface area contributed by atoms with Crippen molar-refractivity contribution >= 4 is 23.9 Å². The highest BCUT2D eigenvalue weighted by atomic mass is 16.6. The SMILES string of the molecule is COC(=O)c1cc(C(=O)Oc2c(C=O)cccc2OC)cc([N+](=O)[O-])c1. The van der Waals surface area contributed by atoms with Gasteiger partial charge in [-0.2, -0.15) is 0 Å². The fraction of sp³-hybridized carbons (Fsp3) is 0.118. The molecule has 0 aliphatic heterocycles. The maximum atomic E-state index is 12.4. The van der Waals surface area contributed by atoms with E-state index in [1.807, 2.05) is 0 Å². The summed E-state index contributed by atoms with van der Waals surface area (Å²) < 4.78 is 14.7. The highest BCUT2D eigenvalue weighted by Crippen LogP contribution is 2.31. The van der Waals surface area contributed by atoms with Gasteiger partial charge in [-0.25, -0.2) is 9.59 Å². The molecule has 0 aliphatic rings. The Balaban J connectivity index is 2.48. The summed E-state index contributed by atoms with van der Waals surface area (Å²) in [5, 5.41) is 11.0. The van der Waals surface area contributed by atoms with Gasteiger partial charge in [0, 0.05) is 12.1 Å². The lowest BCUT2D eigenvalue weighted by atomic mass is 10.1. The third-order valence-corrected chi connectivity index (χ3v) is 3.34. The number of nitro groups is 1. The quantitative estimate of drug-likeness (QED) is 0.253. The van der Waals surface area contributed by atoms with Crippen LogP contribution < -0.4 is 9.47 Å². The molecular formula is C17H13NO8. The number of aldehydes is 1. The van der Waals surface area contributed by atoms with E-state index in [2.05, 4.69) is 4.74 Å². The number of carbonyl (C=O) groups is 3. The van der Waals surface area contributed by atoms with Crippen molar-refractivity contribution in [3.63, 3.8) is 0 Å². The van der Waals surface area contributed by atoms with E-state index < -0.39 is 22.5 Å². The zero-order chi connectivity index (χ0) is 19.3. The molecule has 0 spiro atoms. The summed E-state index contributed by atoms with van der Waals surface area (Å²) in [5.74, 6) is -1.87. The molecule has 2 aromatic rings. The fourth-order valence-electron chi connectivity index (χ4n) is 2.12. The lowest BCUT2D eigenvalue weighted by molar-refractivity contribution is -0.384. The van der Waals surface area contributed by atoms with E-state index in [0.717, 1.165) is 25.3 Å². The highest BCUT2D eigenvalue weighted by molar-refractivity contribution is 5.98. The fourth-order valence-corrected chi connectivity index (χ4v) is 2.12. The van der Waals surface area contributed by atoms with Crippen molar-refractivity contribution in [2.75, 3.05) is 14.2 Å². The normalized spacial score (nSPS) is 9.92. The third-order valence-electron chi connectivity index (χ3n) is 3.34. The van der Waals surface area contributed by atoms with Crippen molar-refractivity contribution in [3.05, 3.63) is 63.2 Å². The molecule has 0 aliphatic carbocycles. The van der Waals surface area contributed by atoms with Gasteiger partial charge in [0.25, 0.3) is 5.69 Å². The predicted molar refractivity (Wildman–Crippen MR) is 87.8 cm³/mol. The van der Waals surface area contributed by atoms with Crippen molar-refractivity contribution in [3.8, 4) is 11.5 Å². The van der Waals surface area contributed by atoms with Gasteiger partial charge in [-0.1, -0.05) is 6.07 Å². The van der Waals surface area contributed by atoms with Crippen LogP contribution in [0.15, 0.2) is 36.4 Å². The second kappa shape index (κ2) is 7.88. The molecule has 0 saturated carbocycles. The Morgan fingerprint density at radius 2 is 1.73 bits per heavy atom. The average molecular weight is 359 g/mol. The Hall–Kier alpha value is -3.75. The smallest absolute Gasteiger partial charge is 0.343 e. The molecule has 2 rings (SSSR count). The molecule has 9 nitrogen and oxygen atoms in total. The zero-order valence-electron chi connectivity index (χ0n) is 13.8. The molecule has 0 amide bonds. The molecule has 134 valence electrons. The number of nitro benzene ring substituents is 1. The Kier molecular flexibility index (Phi) is 5.63. The topological polar surface area (TPSA) is 122 Å². The summed E-state index contributed by atoms with van der Waals surface area (Å²) in [5.41, 5.74) is -0.890.